The van der Waals surface area contributed by atoms with Crippen molar-refractivity contribution in [2.75, 3.05) is 5.32 Å². The molecule has 0 unspecified atom stereocenters. The van der Waals surface area contributed by atoms with Crippen molar-refractivity contribution in [1.29, 1.82) is 0 Å². The molecule has 0 bridgehead atoms. The minimum Gasteiger partial charge on any atom is -0.435 e. The molecule has 4 nitrogen and oxygen atoms in total. The highest BCUT2D eigenvalue weighted by atomic mass is 32.1. The lowest BCUT2D eigenvalue weighted by Gasteiger charge is -2.05. The molecule has 7 heteroatoms. The Hall–Kier alpha value is -2.02. The number of carbonyl (C=O) groups excluding carboxylic acids is 1. The van der Waals surface area contributed by atoms with Crippen molar-refractivity contribution in [1.82, 2.24) is 4.37 Å². The van der Waals surface area contributed by atoms with E-state index in [9.17, 15) is 13.6 Å². The van der Waals surface area contributed by atoms with E-state index in [-0.39, 0.29) is 23.5 Å². The maximum absolute atomic E-state index is 12.1. The Kier molecular flexibility index (Phi) is 4.06. The van der Waals surface area contributed by atoms with Gasteiger partial charge in [-0.25, -0.2) is 0 Å². The minimum absolute atomic E-state index is 0.0263. The Morgan fingerprint density at radius 2 is 2.14 bits per heavy atom. The van der Waals surface area contributed by atoms with Gasteiger partial charge in [0.05, 0.1) is 5.69 Å². The van der Waals surface area contributed by atoms with E-state index in [1.165, 1.54) is 23.7 Å². The van der Waals surface area contributed by atoms with Gasteiger partial charge >= 0.3 is 6.61 Å². The Morgan fingerprint density at radius 1 is 1.41 bits per heavy atom. The van der Waals surface area contributed by atoms with Gasteiger partial charge in [0, 0.05) is 5.92 Å². The lowest BCUT2D eigenvalue weighted by molar-refractivity contribution is -0.117. The molecule has 1 amide bonds. The van der Waals surface area contributed by atoms with Crippen LogP contribution in [0.3, 0.4) is 0 Å². The summed E-state index contributed by atoms with van der Waals surface area (Å²) in [7, 11) is 0. The number of hydrogen-bond donors (Lipinski definition) is 1. The topological polar surface area (TPSA) is 51.2 Å². The number of amides is 1. The fourth-order valence-electron chi connectivity index (χ4n) is 2.39. The highest BCUT2D eigenvalue weighted by molar-refractivity contribution is 7.10. The number of benzene rings is 1. The van der Waals surface area contributed by atoms with E-state index in [2.05, 4.69) is 14.4 Å². The van der Waals surface area contributed by atoms with E-state index < -0.39 is 6.61 Å². The summed E-state index contributed by atoms with van der Waals surface area (Å²) in [6, 6.07) is 8.29. The van der Waals surface area contributed by atoms with Gasteiger partial charge in [0.1, 0.15) is 10.8 Å². The Morgan fingerprint density at radius 3 is 2.73 bits per heavy atom. The van der Waals surface area contributed by atoms with Crippen LogP contribution >= 0.6 is 11.5 Å². The first-order valence-electron chi connectivity index (χ1n) is 6.82. The van der Waals surface area contributed by atoms with E-state index >= 15 is 0 Å². The highest BCUT2D eigenvalue weighted by Gasteiger charge is 2.44. The Labute approximate surface area is 130 Å². The molecule has 0 saturated heterocycles. The highest BCUT2D eigenvalue weighted by Crippen LogP contribution is 2.48. The molecule has 1 aromatic carbocycles. The second kappa shape index (κ2) is 6.00. The number of nitrogens with zero attached hydrogens (tertiary/aromatic N) is 1. The van der Waals surface area contributed by atoms with Crippen LogP contribution in [0.1, 0.15) is 23.6 Å². The van der Waals surface area contributed by atoms with Crippen molar-refractivity contribution in [3.05, 3.63) is 41.6 Å². The van der Waals surface area contributed by atoms with Gasteiger partial charge < -0.3 is 10.1 Å². The third kappa shape index (κ3) is 3.41. The molecule has 1 aromatic heterocycles. The zero-order valence-electron chi connectivity index (χ0n) is 11.8. The molecular formula is C15H14F2N2O2S. The number of hydrogen-bond acceptors (Lipinski definition) is 4. The summed E-state index contributed by atoms with van der Waals surface area (Å²) in [6.45, 7) is -0.956. The summed E-state index contributed by atoms with van der Waals surface area (Å²) >= 11 is 1.26. The van der Waals surface area contributed by atoms with E-state index in [0.717, 1.165) is 22.7 Å². The van der Waals surface area contributed by atoms with E-state index in [1.54, 1.807) is 12.1 Å². The average Bonchev–Trinajstić information content (AvgIpc) is 3.17. The Bertz CT molecular complexity index is 672. The third-order valence-corrected chi connectivity index (χ3v) is 4.33. The van der Waals surface area contributed by atoms with E-state index in [4.69, 9.17) is 0 Å². The predicted molar refractivity (Wildman–Crippen MR) is 79.4 cm³/mol. The van der Waals surface area contributed by atoms with Crippen LogP contribution < -0.4 is 10.1 Å². The number of carbonyl (C=O) groups is 1. The number of anilines is 1. The molecule has 1 aliphatic rings. The summed E-state index contributed by atoms with van der Waals surface area (Å²) < 4.78 is 32.6. The number of aromatic nitrogens is 1. The molecule has 116 valence electrons. The van der Waals surface area contributed by atoms with Crippen LogP contribution in [0, 0.1) is 12.8 Å². The second-order valence-electron chi connectivity index (χ2n) is 5.22. The molecular weight excluding hydrogens is 310 g/mol. The molecule has 1 N–H and O–H groups in total. The molecule has 1 aliphatic carbocycles. The van der Waals surface area contributed by atoms with Crippen LogP contribution in [-0.2, 0) is 4.79 Å². The van der Waals surface area contributed by atoms with Gasteiger partial charge in [0.15, 0.2) is 0 Å². The van der Waals surface area contributed by atoms with Gasteiger partial charge in [-0.15, -0.1) is 0 Å². The monoisotopic (exact) mass is 324 g/mol. The molecule has 0 aliphatic heterocycles. The molecule has 0 spiro atoms. The summed E-state index contributed by atoms with van der Waals surface area (Å²) in [5.74, 6) is 0.154. The van der Waals surface area contributed by atoms with Crippen molar-refractivity contribution in [2.24, 2.45) is 5.92 Å². The van der Waals surface area contributed by atoms with Gasteiger partial charge in [0.25, 0.3) is 0 Å². The molecule has 0 radical (unpaired) electrons. The lowest BCUT2D eigenvalue weighted by atomic mass is 10.1. The second-order valence-corrected chi connectivity index (χ2v) is 6.02. The summed E-state index contributed by atoms with van der Waals surface area (Å²) in [5.41, 5.74) is 1.84. The van der Waals surface area contributed by atoms with Crippen LogP contribution in [0.5, 0.6) is 5.75 Å². The number of aryl methyl sites for hydroxylation is 1. The largest absolute Gasteiger partial charge is 0.435 e. The lowest BCUT2D eigenvalue weighted by Crippen LogP contribution is -2.13. The molecule has 3 rings (SSSR count). The minimum atomic E-state index is -2.83. The zero-order valence-corrected chi connectivity index (χ0v) is 12.6. The van der Waals surface area contributed by atoms with Gasteiger partial charge in [-0.2, -0.15) is 13.2 Å². The van der Waals surface area contributed by atoms with Gasteiger partial charge in [-0.3, -0.25) is 4.79 Å². The van der Waals surface area contributed by atoms with Crippen LogP contribution in [0.4, 0.5) is 13.8 Å². The molecule has 22 heavy (non-hydrogen) atoms. The van der Waals surface area contributed by atoms with Crippen molar-refractivity contribution in [3.63, 3.8) is 0 Å². The van der Waals surface area contributed by atoms with Crippen molar-refractivity contribution in [2.45, 2.75) is 25.9 Å². The quantitative estimate of drug-likeness (QED) is 0.910. The number of halogens is 2. The maximum Gasteiger partial charge on any atom is 0.387 e. The summed E-state index contributed by atoms with van der Waals surface area (Å²) in [6.07, 6.45) is 0.763. The van der Waals surface area contributed by atoms with Gasteiger partial charge in [-0.1, -0.05) is 12.1 Å². The van der Waals surface area contributed by atoms with Crippen molar-refractivity contribution >= 4 is 22.4 Å². The first kappa shape index (κ1) is 14.9. The number of alkyl halides is 2. The number of rotatable bonds is 5. The average molecular weight is 324 g/mol. The van der Waals surface area contributed by atoms with Crippen molar-refractivity contribution < 1.29 is 18.3 Å². The number of nitrogens with one attached hydrogen (secondary N) is 1. The van der Waals surface area contributed by atoms with Crippen LogP contribution in [0.25, 0.3) is 0 Å². The molecule has 2 atom stereocenters. The smallest absolute Gasteiger partial charge is 0.387 e. The normalized spacial score (nSPS) is 20.0. The van der Waals surface area contributed by atoms with Gasteiger partial charge in [0.2, 0.25) is 5.91 Å². The predicted octanol–water partition coefficient (Wildman–Crippen LogP) is 3.80. The molecule has 2 aromatic rings. The first-order valence-corrected chi connectivity index (χ1v) is 7.59. The van der Waals surface area contributed by atoms with Crippen molar-refractivity contribution in [3.8, 4) is 5.75 Å². The summed E-state index contributed by atoms with van der Waals surface area (Å²) in [4.78, 5) is 12.1. The molecule has 1 fully saturated rings. The fraction of sp³-hybridized carbons (Fsp3) is 0.333. The first-order chi connectivity index (χ1) is 10.5. The third-order valence-electron chi connectivity index (χ3n) is 3.53. The van der Waals surface area contributed by atoms with E-state index in [1.807, 2.05) is 13.0 Å². The number of ether oxygens (including phenoxy) is 1. The molecule has 1 heterocycles. The van der Waals surface area contributed by atoms with Gasteiger partial charge in [-0.05, 0) is 54.6 Å². The van der Waals surface area contributed by atoms with Crippen LogP contribution in [0.15, 0.2) is 30.3 Å². The van der Waals surface area contributed by atoms with E-state index in [0.29, 0.717) is 0 Å². The molecule has 1 saturated carbocycles. The summed E-state index contributed by atoms with van der Waals surface area (Å²) in [5, 5.41) is 3.60. The zero-order chi connectivity index (χ0) is 15.7. The Balaban J connectivity index is 1.58. The van der Waals surface area contributed by atoms with Crippen LogP contribution in [-0.4, -0.2) is 16.9 Å². The SMILES string of the molecule is Cc1cc(NC(=O)[C@@H]2C[C@H]2c2ccc(OC(F)F)cc2)sn1. The maximum atomic E-state index is 12.1. The standard InChI is InChI=1S/C15H14F2N2O2S/c1-8-6-13(22-19-8)18-14(20)12-7-11(12)9-2-4-10(5-3-9)21-15(16)17/h2-6,11-12,15H,7H2,1H3,(H,18,20)/t11-,12+/m0/s1. The fourth-order valence-corrected chi connectivity index (χ4v) is 3.05. The van der Waals surface area contributed by atoms with Crippen LogP contribution in [0.2, 0.25) is 0 Å².